The van der Waals surface area contributed by atoms with Gasteiger partial charge < -0.3 is 10.1 Å². The number of hydrogen-bond donors (Lipinski definition) is 1. The van der Waals surface area contributed by atoms with Gasteiger partial charge in [-0.25, -0.2) is 4.79 Å². The second kappa shape index (κ2) is 10.8. The van der Waals surface area contributed by atoms with Crippen LogP contribution in [0.2, 0.25) is 0 Å². The zero-order valence-corrected chi connectivity index (χ0v) is 17.9. The van der Waals surface area contributed by atoms with Crippen molar-refractivity contribution in [2.75, 3.05) is 18.9 Å². The molecule has 2 aromatic rings. The Morgan fingerprint density at radius 3 is 2.31 bits per heavy atom. The number of hydrogen-bond acceptors (Lipinski definition) is 5. The van der Waals surface area contributed by atoms with E-state index in [2.05, 4.69) is 5.32 Å². The topological polar surface area (TPSA) is 72.5 Å². The number of Topliss-reactive ketones (excluding diaryl/α,β-unsaturated/α-hetero) is 1. The summed E-state index contributed by atoms with van der Waals surface area (Å²) in [6.07, 6.45) is 0.766. The van der Waals surface area contributed by atoms with Crippen molar-refractivity contribution in [1.82, 2.24) is 5.32 Å². The van der Waals surface area contributed by atoms with Gasteiger partial charge in [0.15, 0.2) is 12.4 Å². The number of ketones is 1. The predicted octanol–water partition coefficient (Wildman–Crippen LogP) is 3.91. The molecule has 0 heterocycles. The van der Waals surface area contributed by atoms with Gasteiger partial charge >= 0.3 is 5.97 Å². The fourth-order valence-corrected chi connectivity index (χ4v) is 3.24. The quantitative estimate of drug-likeness (QED) is 0.498. The molecule has 2 aromatic carbocycles. The van der Waals surface area contributed by atoms with E-state index in [0.717, 1.165) is 6.42 Å². The van der Waals surface area contributed by atoms with Crippen LogP contribution in [0, 0.1) is 5.41 Å². The van der Waals surface area contributed by atoms with Gasteiger partial charge in [0.1, 0.15) is 0 Å². The standard InChI is InChI=1S/C23H27NO4S/c1-23(2,3)20(25)15-28-22(27)18-11-7-8-12-19(18)29-16-21(26)24-14-13-17-9-5-4-6-10-17/h4-12H,13-16H2,1-3H3,(H,24,26). The van der Waals surface area contributed by atoms with Crippen LogP contribution in [0.15, 0.2) is 59.5 Å². The fraction of sp³-hybridized carbons (Fsp3) is 0.348. The van der Waals surface area contributed by atoms with Crippen LogP contribution in [-0.4, -0.2) is 36.6 Å². The number of esters is 1. The Balaban J connectivity index is 1.84. The Labute approximate surface area is 176 Å². The first-order chi connectivity index (χ1) is 13.8. The highest BCUT2D eigenvalue weighted by Crippen LogP contribution is 2.23. The molecule has 6 heteroatoms. The molecule has 0 aromatic heterocycles. The first-order valence-electron chi connectivity index (χ1n) is 9.50. The van der Waals surface area contributed by atoms with Crippen molar-refractivity contribution in [3.63, 3.8) is 0 Å². The van der Waals surface area contributed by atoms with E-state index < -0.39 is 11.4 Å². The molecule has 0 spiro atoms. The van der Waals surface area contributed by atoms with Crippen LogP contribution < -0.4 is 5.32 Å². The molecule has 0 bridgehead atoms. The number of benzene rings is 2. The van der Waals surface area contributed by atoms with Crippen LogP contribution in [0.3, 0.4) is 0 Å². The van der Waals surface area contributed by atoms with Crippen LogP contribution in [0.25, 0.3) is 0 Å². The van der Waals surface area contributed by atoms with Crippen LogP contribution in [-0.2, 0) is 20.7 Å². The van der Waals surface area contributed by atoms with Gasteiger partial charge in [-0.2, -0.15) is 0 Å². The van der Waals surface area contributed by atoms with Crippen molar-refractivity contribution in [3.05, 3.63) is 65.7 Å². The van der Waals surface area contributed by atoms with Gasteiger partial charge in [-0.05, 0) is 24.1 Å². The normalized spacial score (nSPS) is 11.0. The molecule has 0 unspecified atom stereocenters. The highest BCUT2D eigenvalue weighted by atomic mass is 32.2. The zero-order chi connectivity index (χ0) is 21.3. The van der Waals surface area contributed by atoms with Gasteiger partial charge in [-0.1, -0.05) is 63.2 Å². The smallest absolute Gasteiger partial charge is 0.339 e. The third-order valence-corrected chi connectivity index (χ3v) is 5.29. The molecule has 0 aliphatic heterocycles. The SMILES string of the molecule is CC(C)(C)C(=O)COC(=O)c1ccccc1SCC(=O)NCCc1ccccc1. The summed E-state index contributed by atoms with van der Waals surface area (Å²) in [7, 11) is 0. The molecule has 0 saturated carbocycles. The lowest BCUT2D eigenvalue weighted by Crippen LogP contribution is -2.27. The van der Waals surface area contributed by atoms with Gasteiger partial charge in [0, 0.05) is 16.9 Å². The van der Waals surface area contributed by atoms with E-state index in [1.54, 1.807) is 45.0 Å². The van der Waals surface area contributed by atoms with E-state index in [1.165, 1.54) is 17.3 Å². The predicted molar refractivity (Wildman–Crippen MR) is 115 cm³/mol. The Bertz CT molecular complexity index is 843. The lowest BCUT2D eigenvalue weighted by Gasteiger charge is -2.16. The minimum absolute atomic E-state index is 0.1000. The number of amides is 1. The average Bonchev–Trinajstić information content (AvgIpc) is 2.70. The molecule has 0 aliphatic rings. The number of carbonyl (C=O) groups is 3. The molecule has 0 radical (unpaired) electrons. The number of nitrogens with one attached hydrogen (secondary N) is 1. The largest absolute Gasteiger partial charge is 0.454 e. The van der Waals surface area contributed by atoms with Crippen molar-refractivity contribution < 1.29 is 19.1 Å². The molecule has 0 fully saturated rings. The van der Waals surface area contributed by atoms with Crippen molar-refractivity contribution in [2.45, 2.75) is 32.1 Å². The Morgan fingerprint density at radius 1 is 0.966 bits per heavy atom. The molecule has 0 saturated heterocycles. The third kappa shape index (κ3) is 7.74. The van der Waals surface area contributed by atoms with E-state index in [-0.39, 0.29) is 24.1 Å². The molecule has 1 amide bonds. The van der Waals surface area contributed by atoms with E-state index in [0.29, 0.717) is 17.0 Å². The lowest BCUT2D eigenvalue weighted by molar-refractivity contribution is -0.129. The summed E-state index contributed by atoms with van der Waals surface area (Å²) in [5.74, 6) is -0.610. The number of thioether (sulfide) groups is 1. The molecular formula is C23H27NO4S. The highest BCUT2D eigenvalue weighted by Gasteiger charge is 2.23. The molecule has 0 aliphatic carbocycles. The number of carbonyl (C=O) groups excluding carboxylic acids is 3. The van der Waals surface area contributed by atoms with Crippen molar-refractivity contribution >= 4 is 29.4 Å². The lowest BCUT2D eigenvalue weighted by atomic mass is 9.91. The molecule has 29 heavy (non-hydrogen) atoms. The minimum Gasteiger partial charge on any atom is -0.454 e. The van der Waals surface area contributed by atoms with Gasteiger partial charge in [0.05, 0.1) is 11.3 Å². The second-order valence-electron chi connectivity index (χ2n) is 7.62. The second-order valence-corrected chi connectivity index (χ2v) is 8.64. The molecular weight excluding hydrogens is 386 g/mol. The van der Waals surface area contributed by atoms with Crippen molar-refractivity contribution in [2.24, 2.45) is 5.41 Å². The summed E-state index contributed by atoms with van der Waals surface area (Å²) in [5, 5.41) is 2.89. The maximum absolute atomic E-state index is 12.4. The average molecular weight is 414 g/mol. The summed E-state index contributed by atoms with van der Waals surface area (Å²) in [6, 6.07) is 16.9. The molecule has 1 N–H and O–H groups in total. The van der Waals surface area contributed by atoms with Crippen molar-refractivity contribution in [3.8, 4) is 0 Å². The fourth-order valence-electron chi connectivity index (χ4n) is 2.37. The molecule has 0 atom stereocenters. The maximum atomic E-state index is 12.4. The van der Waals surface area contributed by atoms with E-state index in [4.69, 9.17) is 4.74 Å². The van der Waals surface area contributed by atoms with Crippen LogP contribution in [0.5, 0.6) is 0 Å². The Hall–Kier alpha value is -2.60. The summed E-state index contributed by atoms with van der Waals surface area (Å²) in [6.45, 7) is 5.64. The van der Waals surface area contributed by atoms with Gasteiger partial charge in [-0.15, -0.1) is 11.8 Å². The summed E-state index contributed by atoms with van der Waals surface area (Å²) >= 11 is 1.27. The number of rotatable bonds is 9. The van der Waals surface area contributed by atoms with Crippen LogP contribution >= 0.6 is 11.8 Å². The highest BCUT2D eigenvalue weighted by molar-refractivity contribution is 8.00. The Morgan fingerprint density at radius 2 is 1.62 bits per heavy atom. The van der Waals surface area contributed by atoms with Gasteiger partial charge in [-0.3, -0.25) is 9.59 Å². The monoisotopic (exact) mass is 413 g/mol. The summed E-state index contributed by atoms with van der Waals surface area (Å²) < 4.78 is 5.18. The molecule has 2 rings (SSSR count). The maximum Gasteiger partial charge on any atom is 0.339 e. The Kier molecular flexibility index (Phi) is 8.46. The third-order valence-electron chi connectivity index (χ3n) is 4.22. The van der Waals surface area contributed by atoms with Gasteiger partial charge in [0.2, 0.25) is 5.91 Å². The van der Waals surface area contributed by atoms with E-state index in [9.17, 15) is 14.4 Å². The molecule has 154 valence electrons. The van der Waals surface area contributed by atoms with E-state index >= 15 is 0 Å². The number of ether oxygens (including phenoxy) is 1. The first kappa shape index (κ1) is 22.7. The van der Waals surface area contributed by atoms with Gasteiger partial charge in [0.25, 0.3) is 0 Å². The summed E-state index contributed by atoms with van der Waals surface area (Å²) in [4.78, 5) is 37.1. The zero-order valence-electron chi connectivity index (χ0n) is 17.1. The van der Waals surface area contributed by atoms with Crippen LogP contribution in [0.4, 0.5) is 0 Å². The minimum atomic E-state index is -0.563. The van der Waals surface area contributed by atoms with Crippen LogP contribution in [0.1, 0.15) is 36.7 Å². The molecule has 5 nitrogen and oxygen atoms in total. The first-order valence-corrected chi connectivity index (χ1v) is 10.5. The van der Waals surface area contributed by atoms with E-state index in [1.807, 2.05) is 30.3 Å². The van der Waals surface area contributed by atoms with Crippen molar-refractivity contribution in [1.29, 1.82) is 0 Å². The summed E-state index contributed by atoms with van der Waals surface area (Å²) in [5.41, 5.74) is 0.960.